The molecule has 1 aliphatic rings. The predicted octanol–water partition coefficient (Wildman–Crippen LogP) is 2.47. The molecule has 3 N–H and O–H groups in total. The Morgan fingerprint density at radius 2 is 1.61 bits per heavy atom. The van der Waals surface area contributed by atoms with Crippen molar-refractivity contribution in [3.63, 3.8) is 0 Å². The van der Waals surface area contributed by atoms with Crippen LogP contribution >= 0.6 is 0 Å². The summed E-state index contributed by atoms with van der Waals surface area (Å²) in [4.78, 5) is 37.0. The third-order valence-electron chi connectivity index (χ3n) is 4.42. The van der Waals surface area contributed by atoms with Crippen LogP contribution in [0.25, 0.3) is 0 Å². The van der Waals surface area contributed by atoms with Crippen molar-refractivity contribution in [1.29, 1.82) is 0 Å². The van der Waals surface area contributed by atoms with E-state index in [0.29, 0.717) is 0 Å². The summed E-state index contributed by atoms with van der Waals surface area (Å²) in [7, 11) is 0. The van der Waals surface area contributed by atoms with Gasteiger partial charge in [0, 0.05) is 6.04 Å². The first kappa shape index (κ1) is 24.0. The summed E-state index contributed by atoms with van der Waals surface area (Å²) in [6.07, 6.45) is 1.07. The maximum absolute atomic E-state index is 12.5. The molecule has 0 saturated heterocycles. The van der Waals surface area contributed by atoms with E-state index in [0.717, 1.165) is 37.1 Å². The Morgan fingerprint density at radius 3 is 2.11 bits per heavy atom. The lowest BCUT2D eigenvalue weighted by Crippen LogP contribution is -2.60. The molecule has 1 aliphatic carbocycles. The number of carbonyl (C=O) groups is 3. The van der Waals surface area contributed by atoms with E-state index in [-0.39, 0.29) is 12.5 Å². The van der Waals surface area contributed by atoms with Crippen LogP contribution in [0.4, 0.5) is 9.59 Å². The van der Waals surface area contributed by atoms with Gasteiger partial charge >= 0.3 is 12.2 Å². The van der Waals surface area contributed by atoms with Crippen molar-refractivity contribution in [2.75, 3.05) is 0 Å². The molecule has 1 fully saturated rings. The standard InChI is InChI=1S/C19H35N3O6/c1-6-15(16(23)17(24)20-14-10-8-7-9-11-14)22(19(26)28-13(4)5)21-18(25)27-12(2)3/h12-16,23H,6-11H2,1-5H3,(H,20,24)(H,21,25)/t15-,16?/m1/s1. The smallest absolute Gasteiger partial charge is 0.429 e. The molecule has 3 amide bonds. The topological polar surface area (TPSA) is 117 Å². The van der Waals surface area contributed by atoms with Gasteiger partial charge in [-0.15, -0.1) is 0 Å². The molecule has 28 heavy (non-hydrogen) atoms. The molecule has 0 spiro atoms. The quantitative estimate of drug-likeness (QED) is 0.564. The Balaban J connectivity index is 2.89. The van der Waals surface area contributed by atoms with Crippen LogP contribution in [0.1, 0.15) is 73.1 Å². The highest BCUT2D eigenvalue weighted by molar-refractivity contribution is 5.83. The van der Waals surface area contributed by atoms with Crippen LogP contribution in [0.5, 0.6) is 0 Å². The minimum Gasteiger partial charge on any atom is -0.446 e. The van der Waals surface area contributed by atoms with Crippen LogP contribution in [0.2, 0.25) is 0 Å². The second kappa shape index (κ2) is 11.7. The first-order valence-electron chi connectivity index (χ1n) is 10.1. The first-order valence-corrected chi connectivity index (χ1v) is 10.1. The lowest BCUT2D eigenvalue weighted by molar-refractivity contribution is -0.134. The number of ether oxygens (including phenoxy) is 2. The number of nitrogens with one attached hydrogen (secondary N) is 2. The van der Waals surface area contributed by atoms with E-state index in [1.807, 2.05) is 0 Å². The summed E-state index contributed by atoms with van der Waals surface area (Å²) in [6, 6.07) is -0.988. The average Bonchev–Trinajstić information content (AvgIpc) is 2.60. The fraction of sp³-hybridized carbons (Fsp3) is 0.842. The summed E-state index contributed by atoms with van der Waals surface area (Å²) >= 11 is 0. The Bertz CT molecular complexity index is 520. The Labute approximate surface area is 167 Å². The van der Waals surface area contributed by atoms with Gasteiger partial charge in [-0.25, -0.2) is 20.0 Å². The van der Waals surface area contributed by atoms with Gasteiger partial charge in [-0.05, 0) is 47.0 Å². The normalized spacial score (nSPS) is 17.0. The van der Waals surface area contributed by atoms with E-state index in [2.05, 4.69) is 10.7 Å². The van der Waals surface area contributed by atoms with E-state index < -0.39 is 42.4 Å². The molecule has 1 unspecified atom stereocenters. The maximum atomic E-state index is 12.5. The fourth-order valence-corrected chi connectivity index (χ4v) is 3.12. The molecule has 0 aliphatic heterocycles. The number of hydrogen-bond donors (Lipinski definition) is 3. The van der Waals surface area contributed by atoms with Crippen molar-refractivity contribution in [2.45, 2.75) is 104 Å². The number of hydrogen-bond acceptors (Lipinski definition) is 6. The van der Waals surface area contributed by atoms with Gasteiger partial charge in [0.25, 0.3) is 5.91 Å². The Morgan fingerprint density at radius 1 is 1.04 bits per heavy atom. The van der Waals surface area contributed by atoms with Gasteiger partial charge < -0.3 is 19.9 Å². The average molecular weight is 402 g/mol. The van der Waals surface area contributed by atoms with Crippen LogP contribution < -0.4 is 10.7 Å². The number of aliphatic hydroxyl groups is 1. The van der Waals surface area contributed by atoms with E-state index in [1.54, 1.807) is 34.6 Å². The van der Waals surface area contributed by atoms with E-state index in [1.165, 1.54) is 0 Å². The highest BCUT2D eigenvalue weighted by Crippen LogP contribution is 2.18. The van der Waals surface area contributed by atoms with Crippen molar-refractivity contribution in [1.82, 2.24) is 15.8 Å². The zero-order valence-corrected chi connectivity index (χ0v) is 17.6. The van der Waals surface area contributed by atoms with Gasteiger partial charge in [-0.3, -0.25) is 4.79 Å². The van der Waals surface area contributed by atoms with Crippen LogP contribution in [-0.2, 0) is 14.3 Å². The second-order valence-corrected chi connectivity index (χ2v) is 7.63. The first-order chi connectivity index (χ1) is 13.1. The molecule has 162 valence electrons. The summed E-state index contributed by atoms with van der Waals surface area (Å²) in [5.41, 5.74) is 2.30. The molecule has 2 atom stereocenters. The van der Waals surface area contributed by atoms with Crippen LogP contribution in [0, 0.1) is 0 Å². The van der Waals surface area contributed by atoms with Crippen molar-refractivity contribution in [2.24, 2.45) is 0 Å². The summed E-state index contributed by atoms with van der Waals surface area (Å²) in [6.45, 7) is 8.36. The molecule has 0 aromatic heterocycles. The molecule has 1 saturated carbocycles. The van der Waals surface area contributed by atoms with Crippen LogP contribution in [-0.4, -0.2) is 58.6 Å². The molecule has 0 aromatic carbocycles. The summed E-state index contributed by atoms with van der Waals surface area (Å²) in [5.74, 6) is -0.569. The molecule has 9 heteroatoms. The van der Waals surface area contributed by atoms with Gasteiger partial charge in [0.2, 0.25) is 0 Å². The number of rotatable bonds is 7. The molecular formula is C19H35N3O6. The van der Waals surface area contributed by atoms with Gasteiger partial charge in [0.05, 0.1) is 18.2 Å². The third-order valence-corrected chi connectivity index (χ3v) is 4.42. The SMILES string of the molecule is CC[C@H](C(O)C(=O)NC1CCCCC1)N(NC(=O)OC(C)C)C(=O)OC(C)C. The molecular weight excluding hydrogens is 366 g/mol. The lowest BCUT2D eigenvalue weighted by Gasteiger charge is -2.34. The number of amides is 3. The Hall–Kier alpha value is -2.03. The molecule has 0 aromatic rings. The number of carbonyl (C=O) groups excluding carboxylic acids is 3. The monoisotopic (exact) mass is 401 g/mol. The van der Waals surface area contributed by atoms with E-state index in [4.69, 9.17) is 9.47 Å². The lowest BCUT2D eigenvalue weighted by atomic mass is 9.95. The fourth-order valence-electron chi connectivity index (χ4n) is 3.12. The van der Waals surface area contributed by atoms with Crippen molar-refractivity contribution in [3.8, 4) is 0 Å². The summed E-state index contributed by atoms with van der Waals surface area (Å²) < 4.78 is 10.2. The second-order valence-electron chi connectivity index (χ2n) is 7.63. The van der Waals surface area contributed by atoms with E-state index in [9.17, 15) is 19.5 Å². The zero-order valence-electron chi connectivity index (χ0n) is 17.6. The van der Waals surface area contributed by atoms with Gasteiger partial charge in [0.15, 0.2) is 6.10 Å². The van der Waals surface area contributed by atoms with E-state index >= 15 is 0 Å². The van der Waals surface area contributed by atoms with Gasteiger partial charge in [-0.1, -0.05) is 26.2 Å². The zero-order chi connectivity index (χ0) is 21.3. The number of hydrazine groups is 1. The molecule has 0 bridgehead atoms. The van der Waals surface area contributed by atoms with Crippen molar-refractivity contribution < 1.29 is 29.0 Å². The predicted molar refractivity (Wildman–Crippen MR) is 103 cm³/mol. The minimum atomic E-state index is -1.52. The molecule has 0 radical (unpaired) electrons. The third kappa shape index (κ3) is 7.92. The highest BCUT2D eigenvalue weighted by atomic mass is 16.6. The highest BCUT2D eigenvalue weighted by Gasteiger charge is 2.36. The molecule has 0 heterocycles. The minimum absolute atomic E-state index is 0.0170. The van der Waals surface area contributed by atoms with Crippen molar-refractivity contribution >= 4 is 18.1 Å². The molecule has 9 nitrogen and oxygen atoms in total. The number of nitrogens with zero attached hydrogens (tertiary/aromatic N) is 1. The van der Waals surface area contributed by atoms with Gasteiger partial charge in [0.1, 0.15) is 0 Å². The number of aliphatic hydroxyl groups excluding tert-OH is 1. The largest absolute Gasteiger partial charge is 0.446 e. The van der Waals surface area contributed by atoms with Gasteiger partial charge in [-0.2, -0.15) is 0 Å². The van der Waals surface area contributed by atoms with Crippen LogP contribution in [0.15, 0.2) is 0 Å². The van der Waals surface area contributed by atoms with Crippen LogP contribution in [0.3, 0.4) is 0 Å². The molecule has 1 rings (SSSR count). The van der Waals surface area contributed by atoms with Crippen molar-refractivity contribution in [3.05, 3.63) is 0 Å². The summed E-state index contributed by atoms with van der Waals surface area (Å²) in [5, 5.41) is 14.3. The maximum Gasteiger partial charge on any atom is 0.429 e. The Kier molecular flexibility index (Phi) is 10.1.